The van der Waals surface area contributed by atoms with Crippen molar-refractivity contribution in [3.05, 3.63) is 41.7 Å². The maximum absolute atomic E-state index is 13.8. The van der Waals surface area contributed by atoms with Crippen LogP contribution in [0.2, 0.25) is 0 Å². The van der Waals surface area contributed by atoms with Crippen molar-refractivity contribution in [3.63, 3.8) is 0 Å². The van der Waals surface area contributed by atoms with Crippen LogP contribution < -0.4 is 10.6 Å². The zero-order valence-electron chi connectivity index (χ0n) is 20.9. The number of hydrogen-bond acceptors (Lipinski definition) is 7. The van der Waals surface area contributed by atoms with Crippen LogP contribution in [0.25, 0.3) is 0 Å². The van der Waals surface area contributed by atoms with E-state index in [4.69, 9.17) is 9.40 Å². The van der Waals surface area contributed by atoms with Gasteiger partial charge >= 0.3 is 5.97 Å². The molecule has 196 valence electrons. The van der Waals surface area contributed by atoms with E-state index in [1.165, 1.54) is 0 Å². The molecule has 2 aromatic heterocycles. The van der Waals surface area contributed by atoms with Gasteiger partial charge in [-0.25, -0.2) is 9.97 Å². The number of carbonyl (C=O) groups is 2. The molecule has 3 N–H and O–H groups in total. The SMILES string of the molecule is CC(C)CN(C(=O)c1cnc(C(C)(C)C)nc1NCc1ccco1)[C@H]1CNC[C@H](C(=O)O)C1.Cl.Cl. The quantitative estimate of drug-likeness (QED) is 0.469. The number of furan rings is 1. The molecule has 3 rings (SSSR count). The summed E-state index contributed by atoms with van der Waals surface area (Å²) in [7, 11) is 0. The Kier molecular flexibility index (Phi) is 11.5. The Hall–Kier alpha value is -2.36. The molecule has 0 spiro atoms. The summed E-state index contributed by atoms with van der Waals surface area (Å²) in [6, 6.07) is 3.43. The van der Waals surface area contributed by atoms with Gasteiger partial charge in [0.15, 0.2) is 0 Å². The van der Waals surface area contributed by atoms with Crippen LogP contribution in [0.15, 0.2) is 29.0 Å². The third-order valence-electron chi connectivity index (χ3n) is 5.64. The highest BCUT2D eigenvalue weighted by Crippen LogP contribution is 2.25. The van der Waals surface area contributed by atoms with Crippen molar-refractivity contribution in [2.24, 2.45) is 11.8 Å². The van der Waals surface area contributed by atoms with Crippen molar-refractivity contribution in [2.75, 3.05) is 25.0 Å². The van der Waals surface area contributed by atoms with E-state index < -0.39 is 11.9 Å². The number of aliphatic carboxylic acids is 1. The number of aromatic nitrogens is 2. The predicted molar refractivity (Wildman–Crippen MR) is 140 cm³/mol. The van der Waals surface area contributed by atoms with Crippen LogP contribution in [-0.2, 0) is 16.8 Å². The first-order valence-electron chi connectivity index (χ1n) is 11.4. The van der Waals surface area contributed by atoms with Crippen LogP contribution in [0.1, 0.15) is 63.0 Å². The Morgan fingerprint density at radius 3 is 2.57 bits per heavy atom. The largest absolute Gasteiger partial charge is 0.481 e. The first-order chi connectivity index (χ1) is 15.6. The Balaban J connectivity index is 0.00000306. The molecule has 1 aliphatic heterocycles. The van der Waals surface area contributed by atoms with Crippen molar-refractivity contribution in [2.45, 2.75) is 59.0 Å². The summed E-state index contributed by atoms with van der Waals surface area (Å²) in [4.78, 5) is 36.4. The summed E-state index contributed by atoms with van der Waals surface area (Å²) < 4.78 is 5.42. The number of piperidine rings is 1. The second kappa shape index (κ2) is 13.1. The predicted octanol–water partition coefficient (Wildman–Crippen LogP) is 3.98. The van der Waals surface area contributed by atoms with Crippen LogP contribution >= 0.6 is 24.8 Å². The van der Waals surface area contributed by atoms with Crippen molar-refractivity contribution in [1.29, 1.82) is 0 Å². The van der Waals surface area contributed by atoms with E-state index in [9.17, 15) is 14.7 Å². The van der Waals surface area contributed by atoms with Gasteiger partial charge in [0.05, 0.1) is 18.7 Å². The summed E-state index contributed by atoms with van der Waals surface area (Å²) in [6.07, 6.45) is 3.60. The molecule has 9 nitrogen and oxygen atoms in total. The van der Waals surface area contributed by atoms with E-state index in [0.29, 0.717) is 49.8 Å². The van der Waals surface area contributed by atoms with Crippen molar-refractivity contribution in [3.8, 4) is 0 Å². The molecule has 2 atom stereocenters. The number of hydrogen-bond donors (Lipinski definition) is 3. The third-order valence-corrected chi connectivity index (χ3v) is 5.64. The Bertz CT molecular complexity index is 963. The van der Waals surface area contributed by atoms with Crippen LogP contribution in [-0.4, -0.2) is 57.5 Å². The average molecular weight is 530 g/mol. The van der Waals surface area contributed by atoms with Crippen molar-refractivity contribution >= 4 is 42.5 Å². The Morgan fingerprint density at radius 1 is 1.29 bits per heavy atom. The molecule has 0 unspecified atom stereocenters. The summed E-state index contributed by atoms with van der Waals surface area (Å²) in [5, 5.41) is 15.9. The van der Waals surface area contributed by atoms with Gasteiger partial charge in [0.1, 0.15) is 23.0 Å². The first-order valence-corrected chi connectivity index (χ1v) is 11.4. The molecule has 11 heteroatoms. The molecule has 1 fully saturated rings. The molecule has 0 bridgehead atoms. The highest BCUT2D eigenvalue weighted by Gasteiger charge is 2.34. The van der Waals surface area contributed by atoms with Gasteiger partial charge in [-0.05, 0) is 24.5 Å². The van der Waals surface area contributed by atoms with Gasteiger partial charge in [-0.15, -0.1) is 24.8 Å². The number of carbonyl (C=O) groups excluding carboxylic acids is 1. The minimum atomic E-state index is -0.845. The second-order valence-electron chi connectivity index (χ2n) is 10.1. The van der Waals surface area contributed by atoms with Gasteiger partial charge < -0.3 is 25.1 Å². The van der Waals surface area contributed by atoms with E-state index >= 15 is 0 Å². The topological polar surface area (TPSA) is 121 Å². The number of rotatable bonds is 8. The van der Waals surface area contributed by atoms with Crippen LogP contribution in [0, 0.1) is 11.8 Å². The minimum absolute atomic E-state index is 0. The lowest BCUT2D eigenvalue weighted by molar-refractivity contribution is -0.142. The molecule has 2 aromatic rings. The number of halogens is 2. The number of nitrogens with one attached hydrogen (secondary N) is 2. The second-order valence-corrected chi connectivity index (χ2v) is 10.1. The fourth-order valence-electron chi connectivity index (χ4n) is 3.91. The van der Waals surface area contributed by atoms with Gasteiger partial charge in [0, 0.05) is 37.3 Å². The Labute approximate surface area is 219 Å². The van der Waals surface area contributed by atoms with E-state index in [-0.39, 0.29) is 48.1 Å². The van der Waals surface area contributed by atoms with E-state index in [0.717, 1.165) is 5.76 Å². The number of amides is 1. The molecule has 0 saturated carbocycles. The number of carboxylic acids is 1. The monoisotopic (exact) mass is 529 g/mol. The van der Waals surface area contributed by atoms with Gasteiger partial charge in [-0.2, -0.15) is 0 Å². The average Bonchev–Trinajstić information content (AvgIpc) is 3.28. The van der Waals surface area contributed by atoms with E-state index in [2.05, 4.69) is 15.6 Å². The third kappa shape index (κ3) is 8.08. The van der Waals surface area contributed by atoms with Crippen molar-refractivity contribution in [1.82, 2.24) is 20.2 Å². The summed E-state index contributed by atoms with van der Waals surface area (Å²) in [5.41, 5.74) is 0.0788. The van der Waals surface area contributed by atoms with Crippen LogP contribution in [0.4, 0.5) is 5.82 Å². The highest BCUT2D eigenvalue weighted by atomic mass is 35.5. The summed E-state index contributed by atoms with van der Waals surface area (Å²) in [6.45, 7) is 12.0. The highest BCUT2D eigenvalue weighted by molar-refractivity contribution is 5.98. The fourth-order valence-corrected chi connectivity index (χ4v) is 3.91. The molecular formula is C24H37Cl2N5O4. The summed E-state index contributed by atoms with van der Waals surface area (Å²) >= 11 is 0. The van der Waals surface area contributed by atoms with Crippen molar-refractivity contribution < 1.29 is 19.1 Å². The molecule has 0 aliphatic carbocycles. The lowest BCUT2D eigenvalue weighted by Gasteiger charge is -2.38. The molecule has 1 aliphatic rings. The van der Waals surface area contributed by atoms with E-state index in [1.807, 2.05) is 46.8 Å². The van der Waals surface area contributed by atoms with Gasteiger partial charge in [0.2, 0.25) is 0 Å². The molecule has 0 aromatic carbocycles. The molecular weight excluding hydrogens is 493 g/mol. The van der Waals surface area contributed by atoms with E-state index in [1.54, 1.807) is 17.4 Å². The number of carboxylic acid groups (broad SMARTS) is 1. The maximum Gasteiger partial charge on any atom is 0.307 e. The fraction of sp³-hybridized carbons (Fsp3) is 0.583. The molecule has 1 saturated heterocycles. The lowest BCUT2D eigenvalue weighted by atomic mass is 9.93. The molecule has 3 heterocycles. The number of anilines is 1. The van der Waals surface area contributed by atoms with Gasteiger partial charge in [-0.3, -0.25) is 9.59 Å². The number of nitrogens with zero attached hydrogens (tertiary/aromatic N) is 3. The normalized spacial score (nSPS) is 17.8. The molecule has 1 amide bonds. The molecule has 35 heavy (non-hydrogen) atoms. The minimum Gasteiger partial charge on any atom is -0.481 e. The zero-order valence-corrected chi connectivity index (χ0v) is 22.5. The molecule has 0 radical (unpaired) electrons. The van der Waals surface area contributed by atoms with Crippen LogP contribution in [0.5, 0.6) is 0 Å². The maximum atomic E-state index is 13.8. The van der Waals surface area contributed by atoms with Gasteiger partial charge in [0.25, 0.3) is 5.91 Å². The zero-order chi connectivity index (χ0) is 24.2. The van der Waals surface area contributed by atoms with Crippen LogP contribution in [0.3, 0.4) is 0 Å². The summed E-state index contributed by atoms with van der Waals surface area (Å²) in [5.74, 6) is 0.442. The standard InChI is InChI=1S/C24H35N5O4.2ClH/c1-15(2)14-29(17-9-16(22(31)32)10-25-11-17)21(30)19-13-27-23(24(3,4)5)28-20(19)26-12-18-7-6-8-33-18;;/h6-8,13,15-17,25H,9-12,14H2,1-5H3,(H,31,32)(H,26,27,28);2*1H/t16-,17-;;/m1../s1. The lowest BCUT2D eigenvalue weighted by Crippen LogP contribution is -2.53. The van der Waals surface area contributed by atoms with Gasteiger partial charge in [-0.1, -0.05) is 34.6 Å². The Morgan fingerprint density at radius 2 is 2.00 bits per heavy atom. The first kappa shape index (κ1) is 30.7. The smallest absolute Gasteiger partial charge is 0.307 e.